The maximum Gasteiger partial charge on any atom is 0.120 e. The van der Waals surface area contributed by atoms with E-state index in [9.17, 15) is 0 Å². The van der Waals surface area contributed by atoms with Gasteiger partial charge in [0.2, 0.25) is 0 Å². The fraction of sp³-hybridized carbons (Fsp3) is 0.714. The lowest BCUT2D eigenvalue weighted by molar-refractivity contribution is 0.275. The summed E-state index contributed by atoms with van der Waals surface area (Å²) >= 11 is 0. The Labute approximate surface area is 98.4 Å². The number of hydrogen-bond donors (Lipinski definition) is 1. The van der Waals surface area contributed by atoms with Crippen molar-refractivity contribution in [1.29, 1.82) is 0 Å². The standard InChI is InChI=1S/C14H23NO/c1-11-8-9-16-14(11)10-15-12(2)13-6-4-3-5-7-13/h8-9,12-13,15H,3-7,10H2,1-2H3. The summed E-state index contributed by atoms with van der Waals surface area (Å²) in [6.45, 7) is 5.29. The molecule has 1 saturated carbocycles. The summed E-state index contributed by atoms with van der Waals surface area (Å²) in [6.07, 6.45) is 8.82. The monoisotopic (exact) mass is 221 g/mol. The normalized spacial score (nSPS) is 19.9. The Balaban J connectivity index is 1.78. The third kappa shape index (κ3) is 2.88. The molecule has 1 heterocycles. The van der Waals surface area contributed by atoms with Crippen molar-refractivity contribution in [2.45, 2.75) is 58.5 Å². The molecule has 1 aliphatic carbocycles. The van der Waals surface area contributed by atoms with E-state index in [1.54, 1.807) is 6.26 Å². The Morgan fingerprint density at radius 1 is 1.38 bits per heavy atom. The Morgan fingerprint density at radius 3 is 2.75 bits per heavy atom. The van der Waals surface area contributed by atoms with Gasteiger partial charge in [-0.05, 0) is 44.2 Å². The molecule has 1 atom stereocenters. The summed E-state index contributed by atoms with van der Waals surface area (Å²) < 4.78 is 5.44. The van der Waals surface area contributed by atoms with Gasteiger partial charge in [-0.15, -0.1) is 0 Å². The van der Waals surface area contributed by atoms with Gasteiger partial charge in [0.05, 0.1) is 12.8 Å². The first kappa shape index (κ1) is 11.7. The van der Waals surface area contributed by atoms with Gasteiger partial charge in [-0.2, -0.15) is 0 Å². The first-order chi connectivity index (χ1) is 7.77. The lowest BCUT2D eigenvalue weighted by Gasteiger charge is -2.28. The van der Waals surface area contributed by atoms with Gasteiger partial charge in [0.15, 0.2) is 0 Å². The molecule has 0 radical (unpaired) electrons. The van der Waals surface area contributed by atoms with Crippen molar-refractivity contribution < 1.29 is 4.42 Å². The van der Waals surface area contributed by atoms with Gasteiger partial charge >= 0.3 is 0 Å². The topological polar surface area (TPSA) is 25.2 Å². The number of nitrogens with one attached hydrogen (secondary N) is 1. The Morgan fingerprint density at radius 2 is 2.12 bits per heavy atom. The molecular formula is C14H23NO. The lowest BCUT2D eigenvalue weighted by atomic mass is 9.84. The van der Waals surface area contributed by atoms with Crippen LogP contribution < -0.4 is 5.32 Å². The second-order valence-electron chi connectivity index (χ2n) is 5.09. The average molecular weight is 221 g/mol. The van der Waals surface area contributed by atoms with Crippen LogP contribution in [0.1, 0.15) is 50.4 Å². The average Bonchev–Trinajstić information content (AvgIpc) is 2.73. The highest BCUT2D eigenvalue weighted by molar-refractivity contribution is 5.14. The summed E-state index contributed by atoms with van der Waals surface area (Å²) in [5.74, 6) is 1.95. The molecule has 90 valence electrons. The molecule has 0 spiro atoms. The summed E-state index contributed by atoms with van der Waals surface area (Å²) in [6, 6.07) is 2.65. The predicted molar refractivity (Wildman–Crippen MR) is 66.3 cm³/mol. The molecule has 16 heavy (non-hydrogen) atoms. The van der Waals surface area contributed by atoms with Crippen molar-refractivity contribution in [3.63, 3.8) is 0 Å². The van der Waals surface area contributed by atoms with Gasteiger partial charge in [0.25, 0.3) is 0 Å². The van der Waals surface area contributed by atoms with Crippen LogP contribution in [0.3, 0.4) is 0 Å². The van der Waals surface area contributed by atoms with E-state index >= 15 is 0 Å². The highest BCUT2D eigenvalue weighted by atomic mass is 16.3. The van der Waals surface area contributed by atoms with Crippen LogP contribution in [0.2, 0.25) is 0 Å². The molecular weight excluding hydrogens is 198 g/mol. The van der Waals surface area contributed by atoms with E-state index in [1.165, 1.54) is 37.7 Å². The van der Waals surface area contributed by atoms with Crippen LogP contribution in [-0.2, 0) is 6.54 Å². The van der Waals surface area contributed by atoms with Crippen molar-refractivity contribution >= 4 is 0 Å². The van der Waals surface area contributed by atoms with Crippen LogP contribution in [0.25, 0.3) is 0 Å². The molecule has 1 aliphatic rings. The van der Waals surface area contributed by atoms with E-state index in [2.05, 4.69) is 19.2 Å². The third-order valence-electron chi connectivity index (χ3n) is 3.91. The Kier molecular flexibility index (Phi) is 4.05. The van der Waals surface area contributed by atoms with Crippen molar-refractivity contribution in [3.05, 3.63) is 23.7 Å². The Hall–Kier alpha value is -0.760. The van der Waals surface area contributed by atoms with Crippen LogP contribution >= 0.6 is 0 Å². The molecule has 0 aromatic carbocycles. The third-order valence-corrected chi connectivity index (χ3v) is 3.91. The van der Waals surface area contributed by atoms with Crippen molar-refractivity contribution in [3.8, 4) is 0 Å². The van der Waals surface area contributed by atoms with E-state index in [0.29, 0.717) is 6.04 Å². The van der Waals surface area contributed by atoms with Gasteiger partial charge in [0.1, 0.15) is 5.76 Å². The number of furan rings is 1. The largest absolute Gasteiger partial charge is 0.468 e. The van der Waals surface area contributed by atoms with Crippen molar-refractivity contribution in [1.82, 2.24) is 5.32 Å². The van der Waals surface area contributed by atoms with Crippen molar-refractivity contribution in [2.75, 3.05) is 0 Å². The highest BCUT2D eigenvalue weighted by Crippen LogP contribution is 2.26. The summed E-state index contributed by atoms with van der Waals surface area (Å²) in [5.41, 5.74) is 1.25. The van der Waals surface area contributed by atoms with E-state index in [-0.39, 0.29) is 0 Å². The van der Waals surface area contributed by atoms with Crippen LogP contribution in [0.15, 0.2) is 16.7 Å². The molecule has 0 saturated heterocycles. The summed E-state index contributed by atoms with van der Waals surface area (Å²) in [4.78, 5) is 0. The zero-order valence-electron chi connectivity index (χ0n) is 10.5. The Bertz CT molecular complexity index is 312. The number of hydrogen-bond acceptors (Lipinski definition) is 2. The number of rotatable bonds is 4. The molecule has 1 unspecified atom stereocenters. The molecule has 2 rings (SSSR count). The fourth-order valence-corrected chi connectivity index (χ4v) is 2.64. The van der Waals surface area contributed by atoms with E-state index in [4.69, 9.17) is 4.42 Å². The van der Waals surface area contributed by atoms with Crippen molar-refractivity contribution in [2.24, 2.45) is 5.92 Å². The summed E-state index contributed by atoms with van der Waals surface area (Å²) in [7, 11) is 0. The SMILES string of the molecule is Cc1ccoc1CNC(C)C1CCCCC1. The molecule has 2 heteroatoms. The molecule has 1 fully saturated rings. The first-order valence-corrected chi connectivity index (χ1v) is 6.53. The van der Waals surface area contributed by atoms with Gasteiger partial charge < -0.3 is 9.73 Å². The molecule has 1 N–H and O–H groups in total. The fourth-order valence-electron chi connectivity index (χ4n) is 2.64. The van der Waals surface area contributed by atoms with E-state index < -0.39 is 0 Å². The van der Waals surface area contributed by atoms with Gasteiger partial charge in [0, 0.05) is 6.04 Å². The quantitative estimate of drug-likeness (QED) is 0.839. The molecule has 0 amide bonds. The molecule has 0 aliphatic heterocycles. The smallest absolute Gasteiger partial charge is 0.120 e. The zero-order chi connectivity index (χ0) is 11.4. The molecule has 2 nitrogen and oxygen atoms in total. The van der Waals surface area contributed by atoms with Gasteiger partial charge in [-0.25, -0.2) is 0 Å². The maximum atomic E-state index is 5.44. The minimum absolute atomic E-state index is 0.616. The van der Waals surface area contributed by atoms with Crippen LogP contribution in [0.5, 0.6) is 0 Å². The predicted octanol–water partition coefficient (Wildman–Crippen LogP) is 3.65. The van der Waals surface area contributed by atoms with Crippen LogP contribution in [0, 0.1) is 12.8 Å². The highest BCUT2D eigenvalue weighted by Gasteiger charge is 2.19. The molecule has 1 aromatic rings. The second-order valence-corrected chi connectivity index (χ2v) is 5.09. The summed E-state index contributed by atoms with van der Waals surface area (Å²) in [5, 5.41) is 3.60. The molecule has 0 bridgehead atoms. The van der Waals surface area contributed by atoms with E-state index in [1.807, 2.05) is 6.07 Å². The molecule has 1 aromatic heterocycles. The number of aryl methyl sites for hydroxylation is 1. The van der Waals surface area contributed by atoms with Gasteiger partial charge in [-0.3, -0.25) is 0 Å². The van der Waals surface area contributed by atoms with Crippen LogP contribution in [0.4, 0.5) is 0 Å². The van der Waals surface area contributed by atoms with Crippen LogP contribution in [-0.4, -0.2) is 6.04 Å². The second kappa shape index (κ2) is 5.53. The minimum atomic E-state index is 0.616. The first-order valence-electron chi connectivity index (χ1n) is 6.53. The van der Waals surface area contributed by atoms with E-state index in [0.717, 1.165) is 18.2 Å². The minimum Gasteiger partial charge on any atom is -0.468 e. The zero-order valence-corrected chi connectivity index (χ0v) is 10.5. The lowest BCUT2D eigenvalue weighted by Crippen LogP contribution is -2.34. The maximum absolute atomic E-state index is 5.44. The van der Waals surface area contributed by atoms with Gasteiger partial charge in [-0.1, -0.05) is 19.3 Å².